The van der Waals surface area contributed by atoms with Gasteiger partial charge in [0.15, 0.2) is 0 Å². The molecule has 0 radical (unpaired) electrons. The van der Waals surface area contributed by atoms with E-state index in [1.165, 1.54) is 0 Å². The van der Waals surface area contributed by atoms with Crippen molar-refractivity contribution < 1.29 is 22.5 Å². The Morgan fingerprint density at radius 1 is 1.31 bits per heavy atom. The van der Waals surface area contributed by atoms with Gasteiger partial charge in [0.05, 0.1) is 0 Å². The van der Waals surface area contributed by atoms with E-state index in [9.17, 15) is 17.7 Å². The summed E-state index contributed by atoms with van der Waals surface area (Å²) in [6.45, 7) is -0.318. The van der Waals surface area contributed by atoms with Gasteiger partial charge >= 0.3 is 12.9 Å². The number of esters is 1. The molecule has 0 aliphatic carbocycles. The van der Waals surface area contributed by atoms with Crippen LogP contribution in [0.15, 0.2) is 12.1 Å². The standard InChI is InChI=1S/C7H11BF3O2/c1-7(2,3)13-6(12)4-5-8(9,10)11/h4-5H,1-3H3/q-1/b5-4+. The minimum atomic E-state index is -5.06. The zero-order valence-corrected chi connectivity index (χ0v) is 7.68. The summed E-state index contributed by atoms with van der Waals surface area (Å²) in [5.74, 6) is -1.07. The Morgan fingerprint density at radius 3 is 2.08 bits per heavy atom. The molecule has 0 amide bonds. The van der Waals surface area contributed by atoms with Gasteiger partial charge in [0, 0.05) is 0 Å². The van der Waals surface area contributed by atoms with Gasteiger partial charge in [-0.15, -0.1) is 5.98 Å². The molecule has 0 aromatic carbocycles. The second kappa shape index (κ2) is 3.85. The lowest BCUT2D eigenvalue weighted by molar-refractivity contribution is -0.148. The van der Waals surface area contributed by atoms with Crippen LogP contribution in [-0.4, -0.2) is 18.5 Å². The quantitative estimate of drug-likeness (QED) is 0.383. The first kappa shape index (κ1) is 12.1. The summed E-state index contributed by atoms with van der Waals surface area (Å²) in [6, 6.07) is 0. The maximum Gasteiger partial charge on any atom is 0.502 e. The van der Waals surface area contributed by atoms with E-state index in [0.717, 1.165) is 0 Å². The molecule has 0 atom stereocenters. The fourth-order valence-corrected chi connectivity index (χ4v) is 0.523. The lowest BCUT2D eigenvalue weighted by Crippen LogP contribution is -2.23. The lowest BCUT2D eigenvalue weighted by atomic mass is 9.92. The van der Waals surface area contributed by atoms with Crippen molar-refractivity contribution in [3.8, 4) is 0 Å². The molecule has 0 aromatic heterocycles. The van der Waals surface area contributed by atoms with Crippen molar-refractivity contribution in [1.82, 2.24) is 0 Å². The molecule has 0 bridgehead atoms. The highest BCUT2D eigenvalue weighted by Gasteiger charge is 2.19. The number of carbonyl (C=O) groups is 1. The van der Waals surface area contributed by atoms with Gasteiger partial charge in [0.1, 0.15) is 5.60 Å². The predicted molar refractivity (Wildman–Crippen MR) is 44.1 cm³/mol. The lowest BCUT2D eigenvalue weighted by Gasteiger charge is -2.18. The number of ether oxygens (including phenoxy) is 1. The highest BCUT2D eigenvalue weighted by atomic mass is 19.4. The van der Waals surface area contributed by atoms with Crippen LogP contribution in [0, 0.1) is 0 Å². The van der Waals surface area contributed by atoms with Crippen molar-refractivity contribution in [2.45, 2.75) is 26.4 Å². The number of hydrogen-bond acceptors (Lipinski definition) is 2. The summed E-state index contributed by atoms with van der Waals surface area (Å²) < 4.78 is 39.5. The summed E-state index contributed by atoms with van der Waals surface area (Å²) in [4.78, 5) is 10.7. The van der Waals surface area contributed by atoms with Crippen molar-refractivity contribution in [2.75, 3.05) is 0 Å². The monoisotopic (exact) mass is 195 g/mol. The van der Waals surface area contributed by atoms with E-state index in [-0.39, 0.29) is 5.98 Å². The van der Waals surface area contributed by atoms with Gasteiger partial charge in [0.25, 0.3) is 0 Å². The SMILES string of the molecule is CC(C)(C)OC(=O)/C=C/[B-](F)(F)F. The van der Waals surface area contributed by atoms with Crippen LogP contribution in [0.2, 0.25) is 0 Å². The maximum absolute atomic E-state index is 11.6. The Balaban J connectivity index is 4.11. The Kier molecular flexibility index (Phi) is 3.57. The fraction of sp³-hybridized carbons (Fsp3) is 0.571. The van der Waals surface area contributed by atoms with Crippen LogP contribution in [0.25, 0.3) is 0 Å². The molecule has 0 fully saturated rings. The van der Waals surface area contributed by atoms with Gasteiger partial charge in [-0.3, -0.25) is 0 Å². The molecule has 0 aliphatic heterocycles. The van der Waals surface area contributed by atoms with Crippen molar-refractivity contribution >= 4 is 12.9 Å². The first-order chi connectivity index (χ1) is 5.60. The predicted octanol–water partition coefficient (Wildman–Crippen LogP) is 2.27. The smallest absolute Gasteiger partial charge is 0.457 e. The molecule has 0 unspecified atom stereocenters. The molecular weight excluding hydrogens is 184 g/mol. The normalized spacial score (nSPS) is 13.4. The maximum atomic E-state index is 11.6. The first-order valence-corrected chi connectivity index (χ1v) is 3.72. The van der Waals surface area contributed by atoms with Crippen LogP contribution in [0.1, 0.15) is 20.8 Å². The van der Waals surface area contributed by atoms with Gasteiger partial charge in [0.2, 0.25) is 0 Å². The Hall–Kier alpha value is -0.935. The number of halogens is 3. The van der Waals surface area contributed by atoms with Gasteiger partial charge < -0.3 is 17.7 Å². The average Bonchev–Trinajstić information content (AvgIpc) is 1.78. The van der Waals surface area contributed by atoms with Crippen LogP contribution >= 0.6 is 0 Å². The van der Waals surface area contributed by atoms with E-state index in [1.54, 1.807) is 20.8 Å². The summed E-state index contributed by atoms with van der Waals surface area (Å²) in [5.41, 5.74) is -0.764. The Bertz CT molecular complexity index is 215. The molecule has 0 N–H and O–H groups in total. The van der Waals surface area contributed by atoms with E-state index >= 15 is 0 Å². The van der Waals surface area contributed by atoms with Crippen molar-refractivity contribution in [3.63, 3.8) is 0 Å². The molecule has 76 valence electrons. The fourth-order valence-electron chi connectivity index (χ4n) is 0.523. The molecule has 6 heteroatoms. The zero-order chi connectivity index (χ0) is 10.7. The highest BCUT2D eigenvalue weighted by Crippen LogP contribution is 2.11. The van der Waals surface area contributed by atoms with Crippen molar-refractivity contribution in [2.24, 2.45) is 0 Å². The van der Waals surface area contributed by atoms with Gasteiger partial charge in [-0.25, -0.2) is 4.79 Å². The summed E-state index contributed by atoms with van der Waals surface area (Å²) in [6.07, 6.45) is 0.394. The van der Waals surface area contributed by atoms with Crippen LogP contribution < -0.4 is 0 Å². The highest BCUT2D eigenvalue weighted by molar-refractivity contribution is 6.64. The summed E-state index contributed by atoms with van der Waals surface area (Å²) in [7, 11) is 0. The van der Waals surface area contributed by atoms with Crippen LogP contribution in [0.3, 0.4) is 0 Å². The number of rotatable bonds is 2. The van der Waals surface area contributed by atoms with Gasteiger partial charge in [-0.2, -0.15) is 0 Å². The minimum absolute atomic E-state index is 0.0892. The second-order valence-corrected chi connectivity index (χ2v) is 3.52. The minimum Gasteiger partial charge on any atom is -0.457 e. The molecule has 0 aliphatic rings. The summed E-state index contributed by atoms with van der Waals surface area (Å²) in [5, 5.41) is 0. The van der Waals surface area contributed by atoms with Crippen molar-refractivity contribution in [1.29, 1.82) is 0 Å². The molecule has 0 saturated heterocycles. The van der Waals surface area contributed by atoms with E-state index in [0.29, 0.717) is 6.08 Å². The van der Waals surface area contributed by atoms with E-state index in [4.69, 9.17) is 0 Å². The average molecular weight is 195 g/mol. The van der Waals surface area contributed by atoms with Crippen LogP contribution in [0.4, 0.5) is 12.9 Å². The molecule has 0 aromatic rings. The Labute approximate surface area is 74.8 Å². The third-order valence-electron chi connectivity index (χ3n) is 0.857. The third kappa shape index (κ3) is 8.98. The van der Waals surface area contributed by atoms with Crippen LogP contribution in [-0.2, 0) is 9.53 Å². The molecule has 0 rings (SSSR count). The van der Waals surface area contributed by atoms with Gasteiger partial charge in [-0.1, -0.05) is 0 Å². The zero-order valence-electron chi connectivity index (χ0n) is 7.68. The molecule has 0 saturated carbocycles. The molecule has 13 heavy (non-hydrogen) atoms. The largest absolute Gasteiger partial charge is 0.502 e. The second-order valence-electron chi connectivity index (χ2n) is 3.52. The molecule has 0 heterocycles. The molecular formula is C7H11BF3O2-. The number of carbonyl (C=O) groups excluding carboxylic acids is 1. The van der Waals surface area contributed by atoms with Gasteiger partial charge in [-0.05, 0) is 26.8 Å². The topological polar surface area (TPSA) is 26.3 Å². The third-order valence-corrected chi connectivity index (χ3v) is 0.857. The summed E-state index contributed by atoms with van der Waals surface area (Å²) >= 11 is 0. The molecule has 2 nitrogen and oxygen atoms in total. The van der Waals surface area contributed by atoms with Crippen molar-refractivity contribution in [3.05, 3.63) is 12.1 Å². The Morgan fingerprint density at radius 2 is 1.77 bits per heavy atom. The first-order valence-electron chi connectivity index (χ1n) is 3.72. The number of hydrogen-bond donors (Lipinski definition) is 0. The van der Waals surface area contributed by atoms with Crippen LogP contribution in [0.5, 0.6) is 0 Å². The molecule has 0 spiro atoms. The van der Waals surface area contributed by atoms with E-state index in [2.05, 4.69) is 4.74 Å². The van der Waals surface area contributed by atoms with E-state index in [1.807, 2.05) is 0 Å². The van der Waals surface area contributed by atoms with E-state index < -0.39 is 18.5 Å².